The molecule has 106 valence electrons. The van der Waals surface area contributed by atoms with Crippen molar-refractivity contribution in [2.75, 3.05) is 19.0 Å². The molecule has 1 aromatic carbocycles. The molecule has 0 aliphatic rings. The van der Waals surface area contributed by atoms with E-state index in [2.05, 4.69) is 22.9 Å². The zero-order valence-electron chi connectivity index (χ0n) is 11.7. The highest BCUT2D eigenvalue weighted by molar-refractivity contribution is 5.77. The maximum absolute atomic E-state index is 11.1. The molecule has 0 fully saturated rings. The van der Waals surface area contributed by atoms with E-state index in [-0.39, 0.29) is 12.5 Å². The fourth-order valence-corrected chi connectivity index (χ4v) is 1.79. The first kappa shape index (κ1) is 14.0. The molecule has 0 atom stereocenters. The van der Waals surface area contributed by atoms with Crippen molar-refractivity contribution in [2.24, 2.45) is 7.05 Å². The minimum absolute atomic E-state index is 0.0264. The minimum atomic E-state index is -0.146. The van der Waals surface area contributed by atoms with E-state index in [4.69, 9.17) is 4.74 Å². The predicted octanol–water partition coefficient (Wildman–Crippen LogP) is 1.76. The number of nitrogens with zero attached hydrogens (tertiary/aromatic N) is 1. The van der Waals surface area contributed by atoms with E-state index in [1.165, 1.54) is 5.56 Å². The molecule has 2 N–H and O–H groups in total. The third-order valence-electron chi connectivity index (χ3n) is 2.87. The van der Waals surface area contributed by atoms with Gasteiger partial charge in [0.25, 0.3) is 5.91 Å². The fourth-order valence-electron chi connectivity index (χ4n) is 1.79. The summed E-state index contributed by atoms with van der Waals surface area (Å²) in [5.74, 6) is 0.527. The van der Waals surface area contributed by atoms with Crippen LogP contribution in [-0.2, 0) is 18.4 Å². The van der Waals surface area contributed by atoms with Crippen LogP contribution in [0.1, 0.15) is 5.56 Å². The number of ether oxygens (including phenoxy) is 1. The van der Waals surface area contributed by atoms with Crippen molar-refractivity contribution in [3.63, 3.8) is 0 Å². The second-order valence-electron chi connectivity index (χ2n) is 4.53. The first-order valence-electron chi connectivity index (χ1n) is 6.45. The van der Waals surface area contributed by atoms with Crippen LogP contribution in [0, 0.1) is 0 Å². The number of carbonyl (C=O) groups is 1. The fraction of sp³-hybridized carbons (Fsp3) is 0.267. The van der Waals surface area contributed by atoms with Crippen molar-refractivity contribution in [3.8, 4) is 5.75 Å². The van der Waals surface area contributed by atoms with Crippen LogP contribution in [0.25, 0.3) is 0 Å². The Balaban J connectivity index is 1.90. The average molecular weight is 273 g/mol. The summed E-state index contributed by atoms with van der Waals surface area (Å²) in [7, 11) is 3.58. The number of nitrogens with one attached hydrogen (secondary N) is 2. The first-order valence-corrected chi connectivity index (χ1v) is 6.45. The van der Waals surface area contributed by atoms with Gasteiger partial charge in [0.1, 0.15) is 5.75 Å². The SMILES string of the molecule is CNC(=O)COc1cccc(NCc2ccn(C)c2)c1. The van der Waals surface area contributed by atoms with Crippen molar-refractivity contribution in [3.05, 3.63) is 48.3 Å². The molecule has 0 spiro atoms. The van der Waals surface area contributed by atoms with Gasteiger partial charge in [-0.15, -0.1) is 0 Å². The number of aromatic nitrogens is 1. The number of benzene rings is 1. The Morgan fingerprint density at radius 1 is 1.35 bits per heavy atom. The van der Waals surface area contributed by atoms with Gasteiger partial charge < -0.3 is 19.9 Å². The molecule has 2 rings (SSSR count). The van der Waals surface area contributed by atoms with Crippen molar-refractivity contribution in [1.29, 1.82) is 0 Å². The standard InChI is InChI=1S/C15H19N3O2/c1-16-15(19)11-20-14-5-3-4-13(8-14)17-9-12-6-7-18(2)10-12/h3-8,10,17H,9,11H2,1-2H3,(H,16,19). The van der Waals surface area contributed by atoms with Crippen molar-refractivity contribution in [1.82, 2.24) is 9.88 Å². The van der Waals surface area contributed by atoms with Gasteiger partial charge in [0.05, 0.1) is 0 Å². The maximum atomic E-state index is 11.1. The molecule has 20 heavy (non-hydrogen) atoms. The third kappa shape index (κ3) is 4.05. The van der Waals surface area contributed by atoms with Crippen molar-refractivity contribution < 1.29 is 9.53 Å². The Hall–Kier alpha value is -2.43. The number of aryl methyl sites for hydroxylation is 1. The quantitative estimate of drug-likeness (QED) is 0.843. The van der Waals surface area contributed by atoms with Gasteiger partial charge in [-0.05, 0) is 23.8 Å². The van der Waals surface area contributed by atoms with Crippen LogP contribution in [0.2, 0.25) is 0 Å². The topological polar surface area (TPSA) is 55.3 Å². The van der Waals surface area contributed by atoms with Gasteiger partial charge in [0.15, 0.2) is 6.61 Å². The highest BCUT2D eigenvalue weighted by atomic mass is 16.5. The van der Waals surface area contributed by atoms with Crippen LogP contribution in [0.15, 0.2) is 42.7 Å². The summed E-state index contributed by atoms with van der Waals surface area (Å²) < 4.78 is 7.41. The molecule has 0 unspecified atom stereocenters. The van der Waals surface area contributed by atoms with Crippen molar-refractivity contribution in [2.45, 2.75) is 6.54 Å². The molecule has 0 bridgehead atoms. The van der Waals surface area contributed by atoms with Gasteiger partial charge in [-0.1, -0.05) is 6.07 Å². The van der Waals surface area contributed by atoms with Gasteiger partial charge >= 0.3 is 0 Å². The number of carbonyl (C=O) groups excluding carboxylic acids is 1. The van der Waals surface area contributed by atoms with Gasteiger partial charge in [-0.25, -0.2) is 0 Å². The third-order valence-corrected chi connectivity index (χ3v) is 2.87. The monoisotopic (exact) mass is 273 g/mol. The number of likely N-dealkylation sites (N-methyl/N-ethyl adjacent to an activating group) is 1. The van der Waals surface area contributed by atoms with Crippen LogP contribution in [0.5, 0.6) is 5.75 Å². The van der Waals surface area contributed by atoms with Crippen LogP contribution >= 0.6 is 0 Å². The molecule has 5 heteroatoms. The summed E-state index contributed by atoms with van der Waals surface area (Å²) in [4.78, 5) is 11.1. The van der Waals surface area contributed by atoms with E-state index >= 15 is 0 Å². The number of amides is 1. The van der Waals surface area contributed by atoms with Gasteiger partial charge in [0, 0.05) is 44.8 Å². The first-order chi connectivity index (χ1) is 9.67. The average Bonchev–Trinajstić information content (AvgIpc) is 2.88. The highest BCUT2D eigenvalue weighted by Crippen LogP contribution is 2.18. The molecule has 0 saturated carbocycles. The largest absolute Gasteiger partial charge is 0.484 e. The molecular weight excluding hydrogens is 254 g/mol. The zero-order chi connectivity index (χ0) is 14.4. The number of rotatable bonds is 6. The number of hydrogen-bond donors (Lipinski definition) is 2. The van der Waals surface area contributed by atoms with E-state index in [1.54, 1.807) is 7.05 Å². The summed E-state index contributed by atoms with van der Waals surface area (Å²) in [6.07, 6.45) is 4.08. The van der Waals surface area contributed by atoms with Gasteiger partial charge in [0.2, 0.25) is 0 Å². The molecule has 2 aromatic rings. The van der Waals surface area contributed by atoms with Crippen LogP contribution < -0.4 is 15.4 Å². The van der Waals surface area contributed by atoms with E-state index < -0.39 is 0 Å². The molecular formula is C15H19N3O2. The molecule has 0 aliphatic carbocycles. The Labute approximate surface area is 118 Å². The van der Waals surface area contributed by atoms with Crippen LogP contribution in [0.3, 0.4) is 0 Å². The van der Waals surface area contributed by atoms with Crippen LogP contribution in [-0.4, -0.2) is 24.1 Å². The van der Waals surface area contributed by atoms with Crippen LogP contribution in [0.4, 0.5) is 5.69 Å². The lowest BCUT2D eigenvalue weighted by Gasteiger charge is -2.09. The summed E-state index contributed by atoms with van der Waals surface area (Å²) in [6, 6.07) is 9.64. The Morgan fingerprint density at radius 3 is 2.90 bits per heavy atom. The van der Waals surface area contributed by atoms with Gasteiger partial charge in [-0.2, -0.15) is 0 Å². The zero-order valence-corrected chi connectivity index (χ0v) is 11.7. The summed E-state index contributed by atoms with van der Waals surface area (Å²) in [5, 5.41) is 5.84. The second-order valence-corrected chi connectivity index (χ2v) is 4.53. The molecule has 0 radical (unpaired) electrons. The number of hydrogen-bond acceptors (Lipinski definition) is 3. The molecule has 5 nitrogen and oxygen atoms in total. The van der Waals surface area contributed by atoms with Gasteiger partial charge in [-0.3, -0.25) is 4.79 Å². The summed E-state index contributed by atoms with van der Waals surface area (Å²) >= 11 is 0. The lowest BCUT2D eigenvalue weighted by atomic mass is 10.2. The second kappa shape index (κ2) is 6.65. The molecule has 1 aromatic heterocycles. The van der Waals surface area contributed by atoms with E-state index in [9.17, 15) is 4.79 Å². The summed E-state index contributed by atoms with van der Waals surface area (Å²) in [6.45, 7) is 0.776. The minimum Gasteiger partial charge on any atom is -0.484 e. The van der Waals surface area contributed by atoms with E-state index in [0.29, 0.717) is 5.75 Å². The Bertz CT molecular complexity index is 578. The molecule has 0 saturated heterocycles. The van der Waals surface area contributed by atoms with Crippen molar-refractivity contribution >= 4 is 11.6 Å². The molecule has 1 amide bonds. The summed E-state index contributed by atoms with van der Waals surface area (Å²) in [5.41, 5.74) is 2.17. The highest BCUT2D eigenvalue weighted by Gasteiger charge is 2.01. The predicted molar refractivity (Wildman–Crippen MR) is 78.7 cm³/mol. The molecule has 0 aliphatic heterocycles. The normalized spacial score (nSPS) is 10.1. The molecule has 1 heterocycles. The lowest BCUT2D eigenvalue weighted by Crippen LogP contribution is -2.24. The lowest BCUT2D eigenvalue weighted by molar-refractivity contribution is -0.122. The number of anilines is 1. The Morgan fingerprint density at radius 2 is 2.20 bits per heavy atom. The van der Waals surface area contributed by atoms with E-state index in [1.807, 2.05) is 42.1 Å². The van der Waals surface area contributed by atoms with E-state index in [0.717, 1.165) is 12.2 Å². The maximum Gasteiger partial charge on any atom is 0.257 e. The Kier molecular flexibility index (Phi) is 4.65. The smallest absolute Gasteiger partial charge is 0.257 e.